The largest absolute Gasteiger partial charge is 0.384 e. The lowest BCUT2D eigenvalue weighted by atomic mass is 10.0. The van der Waals surface area contributed by atoms with Gasteiger partial charge in [-0.2, -0.15) is 0 Å². The van der Waals surface area contributed by atoms with Crippen molar-refractivity contribution in [2.45, 2.75) is 51.4 Å². The van der Waals surface area contributed by atoms with E-state index in [1.807, 2.05) is 30.3 Å². The summed E-state index contributed by atoms with van der Waals surface area (Å²) in [6.45, 7) is 1.31. The smallest absolute Gasteiger partial charge is 0.269 e. The first-order valence-electron chi connectivity index (χ1n) is 17.4. The fourth-order valence-electron chi connectivity index (χ4n) is 6.00. The van der Waals surface area contributed by atoms with Crippen LogP contribution < -0.4 is 16.0 Å². The number of hydrogen-bond donors (Lipinski definition) is 3. The SMILES string of the molecule is O=C(NCCCCCCNc1c2ccccc2nc2c(C(=O)NCCCCCC(=O)c3c(F)c(F)c(F)c(F)c3F)cccc12)c1ccc([N+](=O)[O-])cc1. The maximum absolute atomic E-state index is 13.9. The molecule has 0 fully saturated rings. The molecule has 0 spiro atoms. The summed E-state index contributed by atoms with van der Waals surface area (Å²) in [5.74, 6) is -12.8. The van der Waals surface area contributed by atoms with Crippen LogP contribution in [0.25, 0.3) is 21.8 Å². The molecule has 10 nitrogen and oxygen atoms in total. The Kier molecular flexibility index (Phi) is 13.2. The van der Waals surface area contributed by atoms with E-state index < -0.39 is 51.8 Å². The molecular formula is C39H36F5N5O5. The minimum absolute atomic E-state index is 0.0808. The highest BCUT2D eigenvalue weighted by atomic mass is 19.2. The lowest BCUT2D eigenvalue weighted by Crippen LogP contribution is -2.25. The summed E-state index contributed by atoms with van der Waals surface area (Å²) in [5, 5.41) is 21.6. The van der Waals surface area contributed by atoms with Gasteiger partial charge in [-0.1, -0.05) is 49.6 Å². The molecule has 5 rings (SSSR count). The molecule has 1 aromatic heterocycles. The van der Waals surface area contributed by atoms with Crippen molar-refractivity contribution in [3.8, 4) is 0 Å². The average Bonchev–Trinajstić information content (AvgIpc) is 3.17. The lowest BCUT2D eigenvalue weighted by Gasteiger charge is -2.15. The van der Waals surface area contributed by atoms with Gasteiger partial charge in [0.05, 0.1) is 32.8 Å². The van der Waals surface area contributed by atoms with Gasteiger partial charge in [0, 0.05) is 54.5 Å². The zero-order valence-electron chi connectivity index (χ0n) is 29.0. The van der Waals surface area contributed by atoms with E-state index in [0.717, 1.165) is 42.1 Å². The molecule has 2 amide bonds. The highest BCUT2D eigenvalue weighted by Gasteiger charge is 2.29. The molecule has 0 saturated heterocycles. The molecule has 3 N–H and O–H groups in total. The topological polar surface area (TPSA) is 143 Å². The first-order valence-corrected chi connectivity index (χ1v) is 17.4. The van der Waals surface area contributed by atoms with Crippen molar-refractivity contribution < 1.29 is 41.3 Å². The second-order valence-electron chi connectivity index (χ2n) is 12.5. The number of nitrogens with zero attached hydrogens (tertiary/aromatic N) is 2. The second kappa shape index (κ2) is 18.2. The number of ketones is 1. The van der Waals surface area contributed by atoms with Crippen LogP contribution in [0, 0.1) is 39.2 Å². The number of pyridine rings is 1. The zero-order valence-corrected chi connectivity index (χ0v) is 29.0. The van der Waals surface area contributed by atoms with E-state index in [4.69, 9.17) is 4.98 Å². The van der Waals surface area contributed by atoms with Gasteiger partial charge in [0.1, 0.15) is 0 Å². The first-order chi connectivity index (χ1) is 26.0. The van der Waals surface area contributed by atoms with Gasteiger partial charge < -0.3 is 16.0 Å². The summed E-state index contributed by atoms with van der Waals surface area (Å²) in [6.07, 6.45) is 3.74. The maximum Gasteiger partial charge on any atom is 0.269 e. The summed E-state index contributed by atoms with van der Waals surface area (Å²) in [5.41, 5.74) is 1.18. The van der Waals surface area contributed by atoms with Crippen LogP contribution in [0.15, 0.2) is 66.7 Å². The molecule has 0 aliphatic rings. The summed E-state index contributed by atoms with van der Waals surface area (Å²) < 4.78 is 68.1. The summed E-state index contributed by atoms with van der Waals surface area (Å²) in [7, 11) is 0. The van der Waals surface area contributed by atoms with Gasteiger partial charge >= 0.3 is 0 Å². The molecule has 0 aliphatic carbocycles. The van der Waals surface area contributed by atoms with Crippen LogP contribution in [-0.4, -0.2) is 47.1 Å². The maximum atomic E-state index is 13.9. The minimum Gasteiger partial charge on any atom is -0.384 e. The third-order valence-electron chi connectivity index (χ3n) is 8.84. The standard InChI is InChI=1S/C39H36F5N5O5/c40-31-30(32(41)34(43)35(44)33(31)42)29(50)15-4-3-9-22-47-39(52)27-13-10-12-26-36(25-11-5-6-14-28(25)48-37(26)27)45-20-7-1-2-8-21-46-38(51)23-16-18-24(19-17-23)49(53)54/h5-6,10-14,16-19H,1-4,7-9,15,20-22H2,(H,45,48)(H,46,51)(H,47,52). The Labute approximate surface area is 306 Å². The summed E-state index contributed by atoms with van der Waals surface area (Å²) in [4.78, 5) is 52.9. The predicted octanol–water partition coefficient (Wildman–Crippen LogP) is 8.57. The number of amides is 2. The van der Waals surface area contributed by atoms with E-state index in [2.05, 4.69) is 16.0 Å². The number of benzene rings is 4. The molecule has 0 bridgehead atoms. The van der Waals surface area contributed by atoms with E-state index in [0.29, 0.717) is 48.1 Å². The van der Waals surface area contributed by atoms with Gasteiger partial charge in [-0.3, -0.25) is 24.5 Å². The van der Waals surface area contributed by atoms with Gasteiger partial charge in [0.25, 0.3) is 17.5 Å². The number of rotatable bonds is 18. The third kappa shape index (κ3) is 9.14. The molecule has 5 aromatic rings. The predicted molar refractivity (Wildman–Crippen MR) is 193 cm³/mol. The minimum atomic E-state index is -2.33. The quantitative estimate of drug-likeness (QED) is 0.0119. The van der Waals surface area contributed by atoms with Gasteiger partial charge in [-0.15, -0.1) is 0 Å². The number of nitro benzene ring substituents is 1. The van der Waals surface area contributed by atoms with E-state index in [1.54, 1.807) is 12.1 Å². The number of carbonyl (C=O) groups is 3. The number of Topliss-reactive ketones (excluding diaryl/α,β-unsaturated/α-hetero) is 1. The Morgan fingerprint density at radius 2 is 1.20 bits per heavy atom. The van der Waals surface area contributed by atoms with Crippen LogP contribution in [0.4, 0.5) is 33.3 Å². The zero-order chi connectivity index (χ0) is 38.8. The number of non-ortho nitro benzene ring substituents is 1. The van der Waals surface area contributed by atoms with Crippen LogP contribution in [0.2, 0.25) is 0 Å². The number of hydrogen-bond acceptors (Lipinski definition) is 7. The number of unbranched alkanes of at least 4 members (excludes halogenated alkanes) is 5. The highest BCUT2D eigenvalue weighted by Crippen LogP contribution is 2.32. The third-order valence-corrected chi connectivity index (χ3v) is 8.84. The number of halogens is 5. The van der Waals surface area contributed by atoms with Gasteiger partial charge in [0.2, 0.25) is 5.82 Å². The van der Waals surface area contributed by atoms with Crippen molar-refractivity contribution >= 4 is 50.8 Å². The monoisotopic (exact) mass is 749 g/mol. The fourth-order valence-corrected chi connectivity index (χ4v) is 6.00. The Bertz CT molecular complexity index is 2170. The van der Waals surface area contributed by atoms with Gasteiger partial charge in [-0.25, -0.2) is 26.9 Å². The normalized spacial score (nSPS) is 11.1. The van der Waals surface area contributed by atoms with Gasteiger partial charge in [-0.05, 0) is 49.9 Å². The number of anilines is 1. The Balaban J connectivity index is 1.10. The summed E-state index contributed by atoms with van der Waals surface area (Å²) in [6, 6.07) is 18.3. The van der Waals surface area contributed by atoms with Crippen molar-refractivity contribution in [1.82, 2.24) is 15.6 Å². The van der Waals surface area contributed by atoms with Crippen molar-refractivity contribution in [3.63, 3.8) is 0 Å². The molecule has 0 unspecified atom stereocenters. The van der Waals surface area contributed by atoms with Crippen molar-refractivity contribution in [1.29, 1.82) is 0 Å². The molecule has 4 aromatic carbocycles. The number of para-hydroxylation sites is 2. The van der Waals surface area contributed by atoms with Crippen molar-refractivity contribution in [2.75, 3.05) is 25.0 Å². The van der Waals surface area contributed by atoms with E-state index in [9.17, 15) is 46.5 Å². The average molecular weight is 750 g/mol. The van der Waals surface area contributed by atoms with Crippen LogP contribution in [0.3, 0.4) is 0 Å². The number of nitro groups is 1. The first kappa shape index (κ1) is 39.2. The molecule has 0 aliphatic heterocycles. The molecule has 0 atom stereocenters. The van der Waals surface area contributed by atoms with Crippen molar-refractivity contribution in [3.05, 3.63) is 123 Å². The van der Waals surface area contributed by atoms with Crippen LogP contribution in [0.5, 0.6) is 0 Å². The second-order valence-corrected chi connectivity index (χ2v) is 12.5. The number of fused-ring (bicyclic) bond motifs is 2. The fraction of sp³-hybridized carbons (Fsp3) is 0.282. The molecular weight excluding hydrogens is 713 g/mol. The van der Waals surface area contributed by atoms with E-state index in [-0.39, 0.29) is 30.5 Å². The Morgan fingerprint density at radius 3 is 1.87 bits per heavy atom. The van der Waals surface area contributed by atoms with Crippen LogP contribution >= 0.6 is 0 Å². The Hall–Kier alpha value is -5.99. The number of carbonyl (C=O) groups excluding carboxylic acids is 3. The molecule has 15 heteroatoms. The van der Waals surface area contributed by atoms with Gasteiger partial charge in [0.15, 0.2) is 29.1 Å². The number of nitrogens with one attached hydrogen (secondary N) is 3. The number of aromatic nitrogens is 1. The molecule has 0 radical (unpaired) electrons. The van der Waals surface area contributed by atoms with E-state index >= 15 is 0 Å². The molecule has 0 saturated carbocycles. The molecule has 1 heterocycles. The highest BCUT2D eigenvalue weighted by molar-refractivity contribution is 6.14. The Morgan fingerprint density at radius 1 is 0.630 bits per heavy atom. The lowest BCUT2D eigenvalue weighted by molar-refractivity contribution is -0.384. The van der Waals surface area contributed by atoms with Crippen LogP contribution in [-0.2, 0) is 0 Å². The summed E-state index contributed by atoms with van der Waals surface area (Å²) >= 11 is 0. The molecule has 54 heavy (non-hydrogen) atoms. The van der Waals surface area contributed by atoms with Crippen molar-refractivity contribution in [2.24, 2.45) is 0 Å². The van der Waals surface area contributed by atoms with E-state index in [1.165, 1.54) is 24.3 Å². The molecule has 282 valence electrons. The van der Waals surface area contributed by atoms with Crippen LogP contribution in [0.1, 0.15) is 82.4 Å².